The Kier molecular flexibility index (Phi) is 6.04. The van der Waals surface area contributed by atoms with Crippen LogP contribution >= 0.6 is 0 Å². The summed E-state index contributed by atoms with van der Waals surface area (Å²) >= 11 is 0. The van der Waals surface area contributed by atoms with Crippen LogP contribution in [-0.2, 0) is 0 Å². The normalized spacial score (nSPS) is 10.7. The van der Waals surface area contributed by atoms with Gasteiger partial charge in [0.15, 0.2) is 11.5 Å². The van der Waals surface area contributed by atoms with E-state index in [4.69, 9.17) is 14.2 Å². The van der Waals surface area contributed by atoms with E-state index in [1.807, 2.05) is 31.2 Å². The molecule has 4 rings (SSSR count). The number of fused-ring (bicyclic) bond motifs is 1. The zero-order valence-electron chi connectivity index (χ0n) is 18.8. The fraction of sp³-hybridized carbons (Fsp3) is 0.154. The zero-order chi connectivity index (χ0) is 23.5. The van der Waals surface area contributed by atoms with Crippen LogP contribution in [0.2, 0.25) is 0 Å². The molecule has 4 aromatic rings. The van der Waals surface area contributed by atoms with Crippen molar-refractivity contribution in [1.29, 1.82) is 0 Å². The van der Waals surface area contributed by atoms with E-state index in [1.54, 1.807) is 36.4 Å². The molecule has 0 unspecified atom stereocenters. The number of nitrogens with one attached hydrogen (secondary N) is 2. The second kappa shape index (κ2) is 9.08. The van der Waals surface area contributed by atoms with Gasteiger partial charge in [-0.1, -0.05) is 42.5 Å². The number of benzene rings is 3. The van der Waals surface area contributed by atoms with Crippen LogP contribution in [0, 0.1) is 6.92 Å². The molecule has 0 aliphatic carbocycles. The number of rotatable bonds is 7. The number of anilines is 1. The third-order valence-electron chi connectivity index (χ3n) is 5.38. The molecule has 0 aliphatic rings. The first-order valence-corrected chi connectivity index (χ1v) is 10.3. The maximum Gasteiger partial charge on any atom is 0.256 e. The molecular weight excluding hydrogens is 420 g/mol. The van der Waals surface area contributed by atoms with Gasteiger partial charge in [0.1, 0.15) is 5.69 Å². The van der Waals surface area contributed by atoms with Crippen LogP contribution in [0.25, 0.3) is 10.9 Å². The number of aryl methyl sites for hydroxylation is 1. The lowest BCUT2D eigenvalue weighted by Gasteiger charge is -2.14. The van der Waals surface area contributed by atoms with Gasteiger partial charge in [0.2, 0.25) is 11.5 Å². The Labute approximate surface area is 191 Å². The van der Waals surface area contributed by atoms with E-state index in [0.29, 0.717) is 39.8 Å². The maximum absolute atomic E-state index is 13.3. The molecule has 33 heavy (non-hydrogen) atoms. The van der Waals surface area contributed by atoms with E-state index in [2.05, 4.69) is 10.3 Å². The lowest BCUT2D eigenvalue weighted by Crippen LogP contribution is -2.15. The van der Waals surface area contributed by atoms with E-state index in [1.165, 1.54) is 21.3 Å². The van der Waals surface area contributed by atoms with E-state index in [9.17, 15) is 9.59 Å². The molecule has 1 aromatic heterocycles. The molecular formula is C26H24N2O5. The average Bonchev–Trinajstić information content (AvgIpc) is 3.19. The molecule has 1 amide bonds. The minimum absolute atomic E-state index is 0.218. The standard InChI is InChI=1S/C26H24N2O5/c1-15-10-11-18-19(12-15)27-23(24(29)16-8-6-5-7-9-16)22(18)28-26(30)17-13-20(31-2)25(33-4)21(14-17)32-3/h5-14,27H,1-4H3,(H,28,30). The summed E-state index contributed by atoms with van der Waals surface area (Å²) in [7, 11) is 4.46. The number of H-pyrrole nitrogens is 1. The summed E-state index contributed by atoms with van der Waals surface area (Å²) < 4.78 is 16.1. The average molecular weight is 444 g/mol. The lowest BCUT2D eigenvalue weighted by atomic mass is 10.1. The summed E-state index contributed by atoms with van der Waals surface area (Å²) in [6, 6.07) is 17.8. The predicted molar refractivity (Wildman–Crippen MR) is 127 cm³/mol. The van der Waals surface area contributed by atoms with Gasteiger partial charge in [0.05, 0.1) is 27.0 Å². The van der Waals surface area contributed by atoms with Crippen molar-refractivity contribution >= 4 is 28.3 Å². The second-order valence-electron chi connectivity index (χ2n) is 7.49. The summed E-state index contributed by atoms with van der Waals surface area (Å²) in [5, 5.41) is 3.65. The molecule has 0 saturated heterocycles. The molecule has 3 aromatic carbocycles. The highest BCUT2D eigenvalue weighted by Gasteiger charge is 2.23. The number of methoxy groups -OCH3 is 3. The Bertz CT molecular complexity index is 1320. The van der Waals surface area contributed by atoms with Gasteiger partial charge in [-0.3, -0.25) is 9.59 Å². The molecule has 0 fully saturated rings. The minimum atomic E-state index is -0.419. The van der Waals surface area contributed by atoms with Crippen molar-refractivity contribution in [2.45, 2.75) is 6.92 Å². The Morgan fingerprint density at radius 1 is 0.818 bits per heavy atom. The number of aromatic amines is 1. The lowest BCUT2D eigenvalue weighted by molar-refractivity contribution is 0.102. The molecule has 0 radical (unpaired) electrons. The van der Waals surface area contributed by atoms with Gasteiger partial charge < -0.3 is 24.5 Å². The van der Waals surface area contributed by atoms with Crippen molar-refractivity contribution in [3.63, 3.8) is 0 Å². The third-order valence-corrected chi connectivity index (χ3v) is 5.38. The van der Waals surface area contributed by atoms with Gasteiger partial charge >= 0.3 is 0 Å². The van der Waals surface area contributed by atoms with E-state index >= 15 is 0 Å². The number of carbonyl (C=O) groups excluding carboxylic acids is 2. The predicted octanol–water partition coefficient (Wildman–Crippen LogP) is 4.99. The summed E-state index contributed by atoms with van der Waals surface area (Å²) in [5.41, 5.74) is 3.33. The molecule has 0 bridgehead atoms. The molecule has 0 aliphatic heterocycles. The zero-order valence-corrected chi connectivity index (χ0v) is 18.8. The van der Waals surface area contributed by atoms with E-state index in [-0.39, 0.29) is 5.78 Å². The van der Waals surface area contributed by atoms with Crippen molar-refractivity contribution < 1.29 is 23.8 Å². The topological polar surface area (TPSA) is 89.7 Å². The summed E-state index contributed by atoms with van der Waals surface area (Å²) in [5.74, 6) is 0.468. The number of hydrogen-bond donors (Lipinski definition) is 2. The van der Waals surface area contributed by atoms with Crippen LogP contribution < -0.4 is 19.5 Å². The molecule has 0 spiro atoms. The molecule has 7 nitrogen and oxygen atoms in total. The number of amides is 1. The van der Waals surface area contributed by atoms with Gasteiger partial charge in [0, 0.05) is 22.0 Å². The van der Waals surface area contributed by atoms with Crippen LogP contribution in [0.1, 0.15) is 32.0 Å². The third kappa shape index (κ3) is 4.13. The van der Waals surface area contributed by atoms with Gasteiger partial charge in [-0.15, -0.1) is 0 Å². The molecule has 1 heterocycles. The number of carbonyl (C=O) groups is 2. The van der Waals surface area contributed by atoms with Crippen LogP contribution in [-0.4, -0.2) is 38.0 Å². The van der Waals surface area contributed by atoms with Crippen LogP contribution in [0.3, 0.4) is 0 Å². The van der Waals surface area contributed by atoms with Crippen LogP contribution in [0.4, 0.5) is 5.69 Å². The first-order chi connectivity index (χ1) is 16.0. The Morgan fingerprint density at radius 3 is 2.09 bits per heavy atom. The maximum atomic E-state index is 13.3. The van der Waals surface area contributed by atoms with Crippen LogP contribution in [0.5, 0.6) is 17.2 Å². The first kappa shape index (κ1) is 22.0. The van der Waals surface area contributed by atoms with Gasteiger partial charge in [-0.25, -0.2) is 0 Å². The van der Waals surface area contributed by atoms with Crippen molar-refractivity contribution in [3.05, 3.63) is 83.0 Å². The molecule has 0 atom stereocenters. The molecule has 168 valence electrons. The van der Waals surface area contributed by atoms with E-state index < -0.39 is 5.91 Å². The highest BCUT2D eigenvalue weighted by atomic mass is 16.5. The smallest absolute Gasteiger partial charge is 0.256 e. The Balaban J connectivity index is 1.80. The molecule has 2 N–H and O–H groups in total. The van der Waals surface area contributed by atoms with Crippen molar-refractivity contribution in [3.8, 4) is 17.2 Å². The van der Waals surface area contributed by atoms with Gasteiger partial charge in [-0.05, 0) is 30.7 Å². The largest absolute Gasteiger partial charge is 0.493 e. The number of ether oxygens (including phenoxy) is 3. The number of aromatic nitrogens is 1. The molecule has 0 saturated carbocycles. The van der Waals surface area contributed by atoms with Gasteiger partial charge in [-0.2, -0.15) is 0 Å². The van der Waals surface area contributed by atoms with Gasteiger partial charge in [0.25, 0.3) is 5.91 Å². The SMILES string of the molecule is COc1cc(C(=O)Nc2c(C(=O)c3ccccc3)[nH]c3cc(C)ccc23)cc(OC)c1OC. The Hall–Kier alpha value is -4.26. The highest BCUT2D eigenvalue weighted by molar-refractivity contribution is 6.20. The van der Waals surface area contributed by atoms with Crippen molar-refractivity contribution in [2.75, 3.05) is 26.6 Å². The number of hydrogen-bond acceptors (Lipinski definition) is 5. The monoisotopic (exact) mass is 444 g/mol. The first-order valence-electron chi connectivity index (χ1n) is 10.3. The summed E-state index contributed by atoms with van der Waals surface area (Å²) in [4.78, 5) is 29.8. The Morgan fingerprint density at radius 2 is 1.48 bits per heavy atom. The van der Waals surface area contributed by atoms with Crippen LogP contribution in [0.15, 0.2) is 60.7 Å². The highest BCUT2D eigenvalue weighted by Crippen LogP contribution is 2.39. The fourth-order valence-electron chi connectivity index (χ4n) is 3.74. The summed E-state index contributed by atoms with van der Waals surface area (Å²) in [6.45, 7) is 1.97. The fourth-order valence-corrected chi connectivity index (χ4v) is 3.74. The van der Waals surface area contributed by atoms with Crippen molar-refractivity contribution in [1.82, 2.24) is 4.98 Å². The quantitative estimate of drug-likeness (QED) is 0.392. The number of ketones is 1. The minimum Gasteiger partial charge on any atom is -0.493 e. The van der Waals surface area contributed by atoms with E-state index in [0.717, 1.165) is 16.5 Å². The van der Waals surface area contributed by atoms with Crippen molar-refractivity contribution in [2.24, 2.45) is 0 Å². The second-order valence-corrected chi connectivity index (χ2v) is 7.49. The molecule has 7 heteroatoms. The summed E-state index contributed by atoms with van der Waals surface area (Å²) in [6.07, 6.45) is 0.